The number of benzene rings is 1. The number of ether oxygens (including phenoxy) is 2. The number of nitrogens with zero attached hydrogens (tertiary/aromatic N) is 1. The quantitative estimate of drug-likeness (QED) is 0.870. The Morgan fingerprint density at radius 2 is 1.88 bits per heavy atom. The summed E-state index contributed by atoms with van der Waals surface area (Å²) in [6.45, 7) is 7.22. The molecule has 1 aliphatic rings. The number of fused-ring (bicyclic) bond motifs is 1. The van der Waals surface area contributed by atoms with E-state index in [-0.39, 0.29) is 5.54 Å². The number of likely N-dealkylation sites (N-methyl/N-ethyl adjacent to an activating group) is 1. The molecule has 94 valence electrons. The molecule has 1 aromatic carbocycles. The topological polar surface area (TPSA) is 47.7 Å². The zero-order chi connectivity index (χ0) is 12.6. The molecular formula is C13H20N2O2. The number of hydrogen-bond acceptors (Lipinski definition) is 4. The highest BCUT2D eigenvalue weighted by molar-refractivity contribution is 5.63. The van der Waals surface area contributed by atoms with Gasteiger partial charge in [-0.2, -0.15) is 0 Å². The first-order valence-electron chi connectivity index (χ1n) is 5.80. The molecule has 0 amide bonds. The van der Waals surface area contributed by atoms with Gasteiger partial charge in [-0.1, -0.05) is 0 Å². The van der Waals surface area contributed by atoms with Crippen molar-refractivity contribution in [1.82, 2.24) is 0 Å². The molecule has 1 heterocycles. The first-order chi connectivity index (χ1) is 7.95. The summed E-state index contributed by atoms with van der Waals surface area (Å²) < 4.78 is 10.8. The summed E-state index contributed by atoms with van der Waals surface area (Å²) in [5, 5.41) is 0. The number of aryl methyl sites for hydroxylation is 1. The molecule has 0 spiro atoms. The van der Waals surface area contributed by atoms with E-state index in [0.29, 0.717) is 13.3 Å². The fourth-order valence-corrected chi connectivity index (χ4v) is 1.86. The van der Waals surface area contributed by atoms with Crippen LogP contribution in [0.15, 0.2) is 12.1 Å². The highest BCUT2D eigenvalue weighted by atomic mass is 16.7. The van der Waals surface area contributed by atoms with Crippen LogP contribution in [0.5, 0.6) is 11.5 Å². The van der Waals surface area contributed by atoms with E-state index in [1.54, 1.807) is 0 Å². The summed E-state index contributed by atoms with van der Waals surface area (Å²) in [4.78, 5) is 2.18. The average molecular weight is 236 g/mol. The molecule has 0 bridgehead atoms. The van der Waals surface area contributed by atoms with Gasteiger partial charge >= 0.3 is 0 Å². The van der Waals surface area contributed by atoms with E-state index >= 15 is 0 Å². The lowest BCUT2D eigenvalue weighted by Gasteiger charge is -2.37. The van der Waals surface area contributed by atoms with Crippen molar-refractivity contribution < 1.29 is 9.47 Å². The maximum Gasteiger partial charge on any atom is 0.231 e. The van der Waals surface area contributed by atoms with E-state index in [0.717, 1.165) is 17.2 Å². The van der Waals surface area contributed by atoms with Crippen LogP contribution in [0.25, 0.3) is 0 Å². The molecule has 0 aliphatic carbocycles. The van der Waals surface area contributed by atoms with E-state index in [2.05, 4.69) is 32.7 Å². The lowest BCUT2D eigenvalue weighted by molar-refractivity contribution is 0.174. The summed E-state index contributed by atoms with van der Waals surface area (Å²) >= 11 is 0. The molecule has 0 fully saturated rings. The Morgan fingerprint density at radius 1 is 1.29 bits per heavy atom. The molecule has 4 nitrogen and oxygen atoms in total. The third kappa shape index (κ3) is 2.05. The molecule has 0 aromatic heterocycles. The smallest absolute Gasteiger partial charge is 0.231 e. The van der Waals surface area contributed by atoms with Crippen LogP contribution in [0, 0.1) is 6.92 Å². The molecule has 0 saturated heterocycles. The van der Waals surface area contributed by atoms with Gasteiger partial charge in [0, 0.05) is 30.9 Å². The Bertz CT molecular complexity index is 430. The van der Waals surface area contributed by atoms with Gasteiger partial charge in [0.05, 0.1) is 0 Å². The highest BCUT2D eigenvalue weighted by Gasteiger charge is 2.25. The molecule has 2 rings (SSSR count). The third-order valence-electron chi connectivity index (χ3n) is 3.46. The Labute approximate surface area is 102 Å². The fraction of sp³-hybridized carbons (Fsp3) is 0.538. The van der Waals surface area contributed by atoms with Crippen molar-refractivity contribution in [3.05, 3.63) is 17.7 Å². The van der Waals surface area contributed by atoms with Crippen molar-refractivity contribution in [1.29, 1.82) is 0 Å². The lowest BCUT2D eigenvalue weighted by Crippen LogP contribution is -2.47. The molecular weight excluding hydrogens is 216 g/mol. The van der Waals surface area contributed by atoms with Gasteiger partial charge in [-0.25, -0.2) is 0 Å². The first kappa shape index (κ1) is 12.0. The van der Waals surface area contributed by atoms with Gasteiger partial charge in [0.2, 0.25) is 6.79 Å². The van der Waals surface area contributed by atoms with Crippen LogP contribution in [0.2, 0.25) is 0 Å². The maximum absolute atomic E-state index is 5.81. The van der Waals surface area contributed by atoms with E-state index in [4.69, 9.17) is 15.2 Å². The Balaban J connectivity index is 2.39. The number of nitrogens with two attached hydrogens (primary N) is 1. The Hall–Kier alpha value is -1.42. The molecule has 0 unspecified atom stereocenters. The van der Waals surface area contributed by atoms with E-state index in [1.165, 1.54) is 5.56 Å². The lowest BCUT2D eigenvalue weighted by atomic mass is 10.0. The van der Waals surface area contributed by atoms with Crippen molar-refractivity contribution in [2.24, 2.45) is 5.73 Å². The van der Waals surface area contributed by atoms with Crippen molar-refractivity contribution in [2.45, 2.75) is 26.3 Å². The summed E-state index contributed by atoms with van der Waals surface area (Å²) in [7, 11) is 2.05. The zero-order valence-electron chi connectivity index (χ0n) is 10.9. The normalized spacial score (nSPS) is 13.9. The predicted octanol–water partition coefficient (Wildman–Crippen LogP) is 1.90. The first-order valence-corrected chi connectivity index (χ1v) is 5.80. The second-order valence-corrected chi connectivity index (χ2v) is 5.07. The SMILES string of the molecule is Cc1cc2c(cc1N(C)C(C)(C)CN)OCO2. The number of hydrogen-bond donors (Lipinski definition) is 1. The van der Waals surface area contributed by atoms with E-state index in [9.17, 15) is 0 Å². The summed E-state index contributed by atoms with van der Waals surface area (Å²) in [5.41, 5.74) is 8.02. The van der Waals surface area contributed by atoms with Gasteiger partial charge in [-0.15, -0.1) is 0 Å². The second-order valence-electron chi connectivity index (χ2n) is 5.07. The van der Waals surface area contributed by atoms with Crippen LogP contribution >= 0.6 is 0 Å². The molecule has 1 aliphatic heterocycles. The number of anilines is 1. The van der Waals surface area contributed by atoms with Gasteiger partial charge in [-0.3, -0.25) is 0 Å². The predicted molar refractivity (Wildman–Crippen MR) is 68.8 cm³/mol. The van der Waals surface area contributed by atoms with Crippen LogP contribution in [0.4, 0.5) is 5.69 Å². The summed E-state index contributed by atoms with van der Waals surface area (Å²) in [5.74, 6) is 1.63. The highest BCUT2D eigenvalue weighted by Crippen LogP contribution is 2.39. The Morgan fingerprint density at radius 3 is 2.47 bits per heavy atom. The minimum absolute atomic E-state index is 0.0849. The van der Waals surface area contributed by atoms with Gasteiger partial charge in [0.1, 0.15) is 0 Å². The fourth-order valence-electron chi connectivity index (χ4n) is 1.86. The molecule has 2 N–H and O–H groups in total. The van der Waals surface area contributed by atoms with Crippen LogP contribution in [0.1, 0.15) is 19.4 Å². The zero-order valence-corrected chi connectivity index (χ0v) is 10.9. The summed E-state index contributed by atoms with van der Waals surface area (Å²) in [6, 6.07) is 4.04. The summed E-state index contributed by atoms with van der Waals surface area (Å²) in [6.07, 6.45) is 0. The van der Waals surface area contributed by atoms with Gasteiger partial charge < -0.3 is 20.1 Å². The molecule has 0 radical (unpaired) electrons. The van der Waals surface area contributed by atoms with Crippen molar-refractivity contribution in [2.75, 3.05) is 25.3 Å². The Kier molecular flexibility index (Phi) is 2.91. The van der Waals surface area contributed by atoms with Crippen molar-refractivity contribution in [3.63, 3.8) is 0 Å². The van der Waals surface area contributed by atoms with Crippen molar-refractivity contribution in [3.8, 4) is 11.5 Å². The molecule has 4 heteroatoms. The van der Waals surface area contributed by atoms with Crippen LogP contribution in [-0.4, -0.2) is 25.9 Å². The monoisotopic (exact) mass is 236 g/mol. The van der Waals surface area contributed by atoms with Gasteiger partial charge in [0.25, 0.3) is 0 Å². The van der Waals surface area contributed by atoms with Gasteiger partial charge in [0.15, 0.2) is 11.5 Å². The minimum atomic E-state index is -0.0849. The van der Waals surface area contributed by atoms with Crippen LogP contribution < -0.4 is 20.1 Å². The minimum Gasteiger partial charge on any atom is -0.454 e. The third-order valence-corrected chi connectivity index (χ3v) is 3.46. The van der Waals surface area contributed by atoms with Crippen LogP contribution in [-0.2, 0) is 0 Å². The average Bonchev–Trinajstić information content (AvgIpc) is 2.73. The standard InChI is InChI=1S/C13H20N2O2/c1-9-5-11-12(17-8-16-11)6-10(9)15(4)13(2,3)7-14/h5-6H,7-8,14H2,1-4H3. The largest absolute Gasteiger partial charge is 0.454 e. The van der Waals surface area contributed by atoms with Crippen molar-refractivity contribution >= 4 is 5.69 Å². The second kappa shape index (κ2) is 4.11. The van der Waals surface area contributed by atoms with E-state index < -0.39 is 0 Å². The molecule has 17 heavy (non-hydrogen) atoms. The number of rotatable bonds is 3. The molecule has 0 atom stereocenters. The maximum atomic E-state index is 5.81. The molecule has 0 saturated carbocycles. The molecule has 1 aromatic rings. The van der Waals surface area contributed by atoms with E-state index in [1.807, 2.05) is 12.1 Å². The van der Waals surface area contributed by atoms with Gasteiger partial charge in [-0.05, 0) is 32.4 Å². The van der Waals surface area contributed by atoms with Crippen LogP contribution in [0.3, 0.4) is 0 Å².